The Balaban J connectivity index is 1.72. The minimum absolute atomic E-state index is 0.0446. The highest BCUT2D eigenvalue weighted by molar-refractivity contribution is 9.10. The van der Waals surface area contributed by atoms with Gasteiger partial charge in [0.2, 0.25) is 17.7 Å². The van der Waals surface area contributed by atoms with E-state index in [9.17, 15) is 24.3 Å². The number of H-pyrrole nitrogens is 1. The Kier molecular flexibility index (Phi) is 11.7. The molecule has 11 heteroatoms. The van der Waals surface area contributed by atoms with E-state index in [0.717, 1.165) is 22.0 Å². The Morgan fingerprint density at radius 2 is 1.67 bits per heavy atom. The zero-order valence-corrected chi connectivity index (χ0v) is 28.5. The number of fused-ring (bicyclic) bond motifs is 1. The third-order valence-corrected chi connectivity index (χ3v) is 9.04. The predicted octanol–water partition coefficient (Wildman–Crippen LogP) is 5.46. The molecule has 4 rings (SSSR count). The number of ether oxygens (including phenoxy) is 1. The number of hydrogen-bond donors (Lipinski definition) is 4. The van der Waals surface area contributed by atoms with Crippen LogP contribution in [0.5, 0.6) is 5.75 Å². The number of allylic oxidation sites excluding steroid dienone is 2. The number of aromatic amines is 1. The van der Waals surface area contributed by atoms with E-state index in [1.54, 1.807) is 26.1 Å². The van der Waals surface area contributed by atoms with E-state index < -0.39 is 35.9 Å². The molecule has 0 unspecified atom stereocenters. The van der Waals surface area contributed by atoms with Crippen molar-refractivity contribution in [3.8, 4) is 5.75 Å². The number of phenolic OH excluding ortho intramolecular Hbond substituents is 1. The summed E-state index contributed by atoms with van der Waals surface area (Å²) < 4.78 is 6.45. The summed E-state index contributed by atoms with van der Waals surface area (Å²) >= 11 is 3.59. The topological polar surface area (TPSA) is 141 Å². The molecule has 10 nitrogen and oxygen atoms in total. The number of likely N-dealkylation sites (N-methyl/N-ethyl adjacent to an activating group) is 1. The lowest BCUT2D eigenvalue weighted by atomic mass is 9.99. The van der Waals surface area contributed by atoms with Crippen LogP contribution in [0.1, 0.15) is 70.5 Å². The van der Waals surface area contributed by atoms with Crippen LogP contribution in [0.25, 0.3) is 10.9 Å². The molecule has 246 valence electrons. The van der Waals surface area contributed by atoms with Crippen LogP contribution < -0.4 is 10.6 Å². The molecule has 1 aromatic heterocycles. The molecular weight excluding hydrogens is 652 g/mol. The number of aromatic nitrogens is 1. The van der Waals surface area contributed by atoms with Crippen molar-refractivity contribution in [1.29, 1.82) is 0 Å². The first-order valence-electron chi connectivity index (χ1n) is 15.6. The molecule has 2 heterocycles. The fraction of sp³-hybridized carbons (Fsp3) is 0.429. The van der Waals surface area contributed by atoms with Crippen LogP contribution in [-0.4, -0.2) is 63.9 Å². The maximum Gasteiger partial charge on any atom is 0.308 e. The van der Waals surface area contributed by atoms with Crippen LogP contribution in [0.15, 0.2) is 64.8 Å². The highest BCUT2D eigenvalue weighted by Gasteiger charge is 2.34. The number of aromatic hydroxyl groups is 1. The first-order valence-corrected chi connectivity index (χ1v) is 16.4. The normalized spacial score (nSPS) is 25.8. The van der Waals surface area contributed by atoms with Gasteiger partial charge in [-0.2, -0.15) is 0 Å². The lowest BCUT2D eigenvalue weighted by Gasteiger charge is -2.31. The van der Waals surface area contributed by atoms with Gasteiger partial charge in [-0.25, -0.2) is 0 Å². The molecule has 0 aliphatic carbocycles. The summed E-state index contributed by atoms with van der Waals surface area (Å²) in [5, 5.41) is 16.6. The number of nitrogens with one attached hydrogen (secondary N) is 3. The predicted molar refractivity (Wildman–Crippen MR) is 180 cm³/mol. The van der Waals surface area contributed by atoms with E-state index in [2.05, 4.69) is 37.6 Å². The maximum atomic E-state index is 14.2. The Morgan fingerprint density at radius 3 is 2.39 bits per heavy atom. The highest BCUT2D eigenvalue weighted by atomic mass is 79.9. The van der Waals surface area contributed by atoms with Gasteiger partial charge in [0.1, 0.15) is 17.8 Å². The number of benzene rings is 2. The zero-order valence-electron chi connectivity index (χ0n) is 26.9. The van der Waals surface area contributed by atoms with E-state index >= 15 is 0 Å². The second-order valence-corrected chi connectivity index (χ2v) is 13.1. The summed E-state index contributed by atoms with van der Waals surface area (Å²) in [5.41, 5.74) is 3.29. The van der Waals surface area contributed by atoms with Gasteiger partial charge in [0.05, 0.1) is 23.2 Å². The van der Waals surface area contributed by atoms with Crippen LogP contribution in [0.2, 0.25) is 0 Å². The molecule has 3 amide bonds. The summed E-state index contributed by atoms with van der Waals surface area (Å²) in [6.45, 7) is 7.42. The first-order chi connectivity index (χ1) is 21.8. The van der Waals surface area contributed by atoms with Gasteiger partial charge in [0.25, 0.3) is 0 Å². The van der Waals surface area contributed by atoms with Crippen molar-refractivity contribution in [2.45, 2.75) is 84.0 Å². The van der Waals surface area contributed by atoms with E-state index in [1.165, 1.54) is 17.0 Å². The number of para-hydroxylation sites is 1. The lowest BCUT2D eigenvalue weighted by Crippen LogP contribution is -2.54. The van der Waals surface area contributed by atoms with Crippen molar-refractivity contribution in [3.05, 3.63) is 75.9 Å². The molecule has 0 radical (unpaired) electrons. The van der Waals surface area contributed by atoms with Crippen LogP contribution in [0, 0.1) is 5.92 Å². The van der Waals surface area contributed by atoms with Crippen LogP contribution in [0.4, 0.5) is 0 Å². The van der Waals surface area contributed by atoms with Crippen LogP contribution in [0.3, 0.4) is 0 Å². The molecule has 1 aliphatic heterocycles. The summed E-state index contributed by atoms with van der Waals surface area (Å²) in [6.07, 6.45) is 2.99. The molecule has 1 aliphatic rings. The molecule has 0 saturated heterocycles. The molecule has 2 aromatic carbocycles. The van der Waals surface area contributed by atoms with Gasteiger partial charge in [0, 0.05) is 30.8 Å². The van der Waals surface area contributed by atoms with Gasteiger partial charge >= 0.3 is 5.97 Å². The van der Waals surface area contributed by atoms with Crippen molar-refractivity contribution in [2.75, 3.05) is 7.05 Å². The molecule has 5 atom stereocenters. The molecular formula is C35H43BrN4O6. The quantitative estimate of drug-likeness (QED) is 0.212. The third kappa shape index (κ3) is 8.99. The first kappa shape index (κ1) is 34.7. The minimum atomic E-state index is -1.01. The Morgan fingerprint density at radius 1 is 0.978 bits per heavy atom. The Hall–Kier alpha value is -4.12. The number of carbonyl (C=O) groups is 4. The van der Waals surface area contributed by atoms with Crippen molar-refractivity contribution in [1.82, 2.24) is 20.5 Å². The second-order valence-electron chi connectivity index (χ2n) is 12.3. The van der Waals surface area contributed by atoms with Gasteiger partial charge in [-0.15, -0.1) is 0 Å². The number of nitrogens with zero attached hydrogens (tertiary/aromatic N) is 1. The Bertz CT molecular complexity index is 1600. The smallest absolute Gasteiger partial charge is 0.308 e. The molecule has 0 fully saturated rings. The number of esters is 1. The number of rotatable bonds is 3. The molecule has 4 N–H and O–H groups in total. The monoisotopic (exact) mass is 694 g/mol. The number of carbonyl (C=O) groups excluding carboxylic acids is 4. The number of halogens is 1. The zero-order chi connectivity index (χ0) is 33.5. The standard InChI is InChI=1S/C35H43BrN4O6/c1-20-10-15-31(42)37-23(4)35(45)40(5)30(18-27-26-8-6-7-9-28(26)38-33(27)36)34(44)39-29(24-11-13-25(41)14-12-24)19-32(43)46-22(3)17-21(2)16-20/h6-9,11-14,16,21-23,29-30,38,41H,10,15,17-19H2,1-5H3,(H,37,42)(H,39,44)/b20-16-/t21-,22-,23-,29+,30+/m0/s1. The molecule has 3 aromatic rings. The van der Waals surface area contributed by atoms with E-state index in [-0.39, 0.29) is 42.9 Å². The third-order valence-electron chi connectivity index (χ3n) is 8.36. The summed E-state index contributed by atoms with van der Waals surface area (Å²) in [5.74, 6) is -1.53. The van der Waals surface area contributed by atoms with Gasteiger partial charge in [-0.3, -0.25) is 19.2 Å². The molecule has 0 saturated carbocycles. The van der Waals surface area contributed by atoms with Gasteiger partial charge in [0.15, 0.2) is 0 Å². The summed E-state index contributed by atoms with van der Waals surface area (Å²) in [7, 11) is 1.54. The van der Waals surface area contributed by atoms with Crippen molar-refractivity contribution < 1.29 is 29.0 Å². The fourth-order valence-electron chi connectivity index (χ4n) is 5.99. The molecule has 46 heavy (non-hydrogen) atoms. The number of amides is 3. The second kappa shape index (κ2) is 15.4. The van der Waals surface area contributed by atoms with E-state index in [4.69, 9.17) is 4.74 Å². The van der Waals surface area contributed by atoms with Crippen LogP contribution >= 0.6 is 15.9 Å². The van der Waals surface area contributed by atoms with Crippen molar-refractivity contribution in [3.63, 3.8) is 0 Å². The fourth-order valence-corrected chi connectivity index (χ4v) is 6.57. The van der Waals surface area contributed by atoms with Gasteiger partial charge in [-0.1, -0.05) is 48.9 Å². The van der Waals surface area contributed by atoms with E-state index in [1.807, 2.05) is 45.0 Å². The van der Waals surface area contributed by atoms with Crippen LogP contribution in [-0.2, 0) is 30.3 Å². The number of cyclic esters (lactones) is 1. The van der Waals surface area contributed by atoms with Crippen molar-refractivity contribution in [2.24, 2.45) is 5.92 Å². The minimum Gasteiger partial charge on any atom is -0.508 e. The SMILES string of the molecule is C/C1=C/[C@H](C)C[C@H](C)OC(=O)C[C@H](c2ccc(O)cc2)NC(=O)[C@@H](Cc2c(Br)[nH]c3ccccc23)N(C)C(=O)[C@H](C)NC(=O)CC1. The highest BCUT2D eigenvalue weighted by Crippen LogP contribution is 2.29. The maximum absolute atomic E-state index is 14.2. The average Bonchev–Trinajstić information content (AvgIpc) is 3.31. The number of phenols is 1. The van der Waals surface area contributed by atoms with Gasteiger partial charge < -0.3 is 30.4 Å². The molecule has 0 spiro atoms. The Labute approximate surface area is 278 Å². The summed E-state index contributed by atoms with van der Waals surface area (Å²) in [6, 6.07) is 11.2. The average molecular weight is 696 g/mol. The summed E-state index contributed by atoms with van der Waals surface area (Å²) in [4.78, 5) is 58.7. The lowest BCUT2D eigenvalue weighted by molar-refractivity contribution is -0.149. The van der Waals surface area contributed by atoms with E-state index in [0.29, 0.717) is 23.0 Å². The number of hydrogen-bond acceptors (Lipinski definition) is 6. The molecule has 0 bridgehead atoms. The van der Waals surface area contributed by atoms with Gasteiger partial charge in [-0.05, 0) is 84.8 Å². The van der Waals surface area contributed by atoms with Crippen molar-refractivity contribution >= 4 is 50.5 Å². The largest absolute Gasteiger partial charge is 0.508 e.